The number of carbonyl (C=O) groups excluding carboxylic acids is 3. The average Bonchev–Trinajstić information content (AvgIpc) is 2.46. The normalized spacial score (nSPS) is 14.7. The number of carbonyl (C=O) groups is 3. The van der Waals surface area contributed by atoms with Crippen LogP contribution in [-0.2, 0) is 23.9 Å². The summed E-state index contributed by atoms with van der Waals surface area (Å²) in [7, 11) is 2.39. The van der Waals surface area contributed by atoms with E-state index in [4.69, 9.17) is 0 Å². The molecule has 7 nitrogen and oxygen atoms in total. The van der Waals surface area contributed by atoms with Gasteiger partial charge in [0.25, 0.3) is 0 Å². The number of rotatable bonds is 5. The molecule has 2 N–H and O–H groups in total. The van der Waals surface area contributed by atoms with Gasteiger partial charge < -0.3 is 20.1 Å². The minimum Gasteiger partial charge on any atom is -0.469 e. The van der Waals surface area contributed by atoms with Gasteiger partial charge in [-0.25, -0.2) is 4.79 Å². The van der Waals surface area contributed by atoms with Crippen LogP contribution in [0, 0.1) is 0 Å². The van der Waals surface area contributed by atoms with Gasteiger partial charge in [0.2, 0.25) is 5.91 Å². The first-order valence-corrected chi connectivity index (χ1v) is 5.64. The summed E-state index contributed by atoms with van der Waals surface area (Å²) >= 11 is 0. The lowest BCUT2D eigenvalue weighted by Gasteiger charge is -2.17. The van der Waals surface area contributed by atoms with Crippen molar-refractivity contribution in [3.63, 3.8) is 0 Å². The van der Waals surface area contributed by atoms with Gasteiger partial charge in [-0.1, -0.05) is 6.08 Å². The standard InChI is InChI=1S/C12H16N2O5/c1-18-10(15)6-9(12(17)19-2)14-11(16)8-4-3-5-13-7-8/h3,5,7,9,13H,4,6H2,1-2H3,(H,14,16). The predicted octanol–water partition coefficient (Wildman–Crippen LogP) is -0.402. The quantitative estimate of drug-likeness (QED) is 0.659. The number of amides is 1. The Morgan fingerprint density at radius 2 is 2.11 bits per heavy atom. The fourth-order valence-electron chi connectivity index (χ4n) is 1.46. The molecule has 1 unspecified atom stereocenters. The smallest absolute Gasteiger partial charge is 0.328 e. The molecule has 1 heterocycles. The molecule has 0 saturated carbocycles. The monoisotopic (exact) mass is 268 g/mol. The molecule has 0 aromatic carbocycles. The Hall–Kier alpha value is -2.31. The SMILES string of the molecule is COC(=O)CC(NC(=O)C1=CNC=CC1)C(=O)OC. The number of hydrogen-bond acceptors (Lipinski definition) is 6. The van der Waals surface area contributed by atoms with Crippen LogP contribution in [0.2, 0.25) is 0 Å². The Labute approximate surface area is 110 Å². The van der Waals surface area contributed by atoms with Crippen molar-refractivity contribution >= 4 is 17.8 Å². The zero-order valence-electron chi connectivity index (χ0n) is 10.8. The van der Waals surface area contributed by atoms with Crippen molar-refractivity contribution in [3.05, 3.63) is 24.0 Å². The first kappa shape index (κ1) is 14.7. The summed E-state index contributed by atoms with van der Waals surface area (Å²) in [5, 5.41) is 5.22. The van der Waals surface area contributed by atoms with Gasteiger partial charge in [-0.2, -0.15) is 0 Å². The fourth-order valence-corrected chi connectivity index (χ4v) is 1.46. The molecular weight excluding hydrogens is 252 g/mol. The number of allylic oxidation sites excluding steroid dienone is 1. The molecule has 0 saturated heterocycles. The summed E-state index contributed by atoms with van der Waals surface area (Å²) in [4.78, 5) is 34.6. The minimum atomic E-state index is -1.06. The maximum Gasteiger partial charge on any atom is 0.328 e. The molecule has 1 aliphatic heterocycles. The minimum absolute atomic E-state index is 0.272. The topological polar surface area (TPSA) is 93.7 Å². The van der Waals surface area contributed by atoms with E-state index in [1.54, 1.807) is 12.3 Å². The summed E-state index contributed by atoms with van der Waals surface area (Å²) in [5.41, 5.74) is 0.460. The van der Waals surface area contributed by atoms with E-state index in [0.717, 1.165) is 0 Å². The second-order valence-corrected chi connectivity index (χ2v) is 3.77. The van der Waals surface area contributed by atoms with E-state index in [2.05, 4.69) is 20.1 Å². The summed E-state index contributed by atoms with van der Waals surface area (Å²) < 4.78 is 9.00. The molecule has 0 aliphatic carbocycles. The lowest BCUT2D eigenvalue weighted by atomic mass is 10.1. The van der Waals surface area contributed by atoms with Gasteiger partial charge in [0.15, 0.2) is 0 Å². The first-order chi connectivity index (χ1) is 9.08. The second kappa shape index (κ2) is 7.20. The third-order valence-electron chi connectivity index (χ3n) is 2.49. The molecule has 1 atom stereocenters. The van der Waals surface area contributed by atoms with Crippen LogP contribution < -0.4 is 10.6 Å². The highest BCUT2D eigenvalue weighted by atomic mass is 16.5. The van der Waals surface area contributed by atoms with E-state index in [-0.39, 0.29) is 6.42 Å². The molecule has 104 valence electrons. The third kappa shape index (κ3) is 4.46. The first-order valence-electron chi connectivity index (χ1n) is 5.64. The van der Waals surface area contributed by atoms with Crippen molar-refractivity contribution in [2.45, 2.75) is 18.9 Å². The summed E-state index contributed by atoms with van der Waals surface area (Å²) in [6.45, 7) is 0. The molecule has 7 heteroatoms. The van der Waals surface area contributed by atoms with E-state index >= 15 is 0 Å². The van der Waals surface area contributed by atoms with Crippen LogP contribution in [0.15, 0.2) is 24.0 Å². The molecule has 1 aliphatic rings. The summed E-state index contributed by atoms with van der Waals surface area (Å²) in [6.07, 6.45) is 5.17. The number of hydrogen-bond donors (Lipinski definition) is 2. The largest absolute Gasteiger partial charge is 0.469 e. The second-order valence-electron chi connectivity index (χ2n) is 3.77. The molecule has 1 amide bonds. The van der Waals surface area contributed by atoms with Crippen molar-refractivity contribution in [3.8, 4) is 0 Å². The molecule has 0 spiro atoms. The van der Waals surface area contributed by atoms with Gasteiger partial charge in [0.1, 0.15) is 6.04 Å². The average molecular weight is 268 g/mol. The Bertz CT molecular complexity index is 428. The molecule has 0 radical (unpaired) electrons. The van der Waals surface area contributed by atoms with Gasteiger partial charge >= 0.3 is 11.9 Å². The van der Waals surface area contributed by atoms with Gasteiger partial charge in [-0.15, -0.1) is 0 Å². The molecule has 0 fully saturated rings. The molecule has 19 heavy (non-hydrogen) atoms. The van der Waals surface area contributed by atoms with Gasteiger partial charge in [-0.3, -0.25) is 9.59 Å². The number of methoxy groups -OCH3 is 2. The van der Waals surface area contributed by atoms with Crippen molar-refractivity contribution in [2.24, 2.45) is 0 Å². The molecular formula is C12H16N2O5. The van der Waals surface area contributed by atoms with E-state index in [0.29, 0.717) is 12.0 Å². The van der Waals surface area contributed by atoms with Crippen molar-refractivity contribution in [2.75, 3.05) is 14.2 Å². The van der Waals surface area contributed by atoms with Crippen LogP contribution in [0.1, 0.15) is 12.8 Å². The Kier molecular flexibility index (Phi) is 5.59. The van der Waals surface area contributed by atoms with E-state index in [9.17, 15) is 14.4 Å². The van der Waals surface area contributed by atoms with Crippen LogP contribution in [-0.4, -0.2) is 38.1 Å². The highest BCUT2D eigenvalue weighted by molar-refractivity contribution is 5.97. The number of nitrogens with one attached hydrogen (secondary N) is 2. The van der Waals surface area contributed by atoms with E-state index in [1.807, 2.05) is 0 Å². The Balaban J connectivity index is 2.66. The van der Waals surface area contributed by atoms with E-state index < -0.39 is 23.9 Å². The molecule has 1 rings (SSSR count). The zero-order valence-corrected chi connectivity index (χ0v) is 10.8. The van der Waals surface area contributed by atoms with Crippen LogP contribution in [0.25, 0.3) is 0 Å². The van der Waals surface area contributed by atoms with Crippen LogP contribution in [0.3, 0.4) is 0 Å². The maximum atomic E-state index is 11.9. The zero-order chi connectivity index (χ0) is 14.3. The molecule has 0 aromatic heterocycles. The predicted molar refractivity (Wildman–Crippen MR) is 65.6 cm³/mol. The third-order valence-corrected chi connectivity index (χ3v) is 2.49. The number of ether oxygens (including phenoxy) is 2. The lowest BCUT2D eigenvalue weighted by Crippen LogP contribution is -2.44. The maximum absolute atomic E-state index is 11.9. The highest BCUT2D eigenvalue weighted by Crippen LogP contribution is 2.07. The van der Waals surface area contributed by atoms with Crippen molar-refractivity contribution in [1.82, 2.24) is 10.6 Å². The Morgan fingerprint density at radius 3 is 2.63 bits per heavy atom. The highest BCUT2D eigenvalue weighted by Gasteiger charge is 2.26. The summed E-state index contributed by atoms with van der Waals surface area (Å²) in [6, 6.07) is -1.06. The van der Waals surface area contributed by atoms with Crippen LogP contribution in [0.5, 0.6) is 0 Å². The van der Waals surface area contributed by atoms with Gasteiger partial charge in [0, 0.05) is 11.8 Å². The van der Waals surface area contributed by atoms with Crippen molar-refractivity contribution in [1.29, 1.82) is 0 Å². The Morgan fingerprint density at radius 1 is 1.37 bits per heavy atom. The molecule has 0 bridgehead atoms. The number of esters is 2. The lowest BCUT2D eigenvalue weighted by molar-refractivity contribution is -0.150. The number of dihydropyridines is 1. The molecule has 0 aromatic rings. The van der Waals surface area contributed by atoms with Crippen LogP contribution >= 0.6 is 0 Å². The van der Waals surface area contributed by atoms with Crippen molar-refractivity contribution < 1.29 is 23.9 Å². The van der Waals surface area contributed by atoms with E-state index in [1.165, 1.54) is 20.4 Å². The fraction of sp³-hybridized carbons (Fsp3) is 0.417. The van der Waals surface area contributed by atoms with Crippen LogP contribution in [0.4, 0.5) is 0 Å². The summed E-state index contributed by atoms with van der Waals surface area (Å²) in [5.74, 6) is -1.74. The van der Waals surface area contributed by atoms with Gasteiger partial charge in [0.05, 0.1) is 20.6 Å². The van der Waals surface area contributed by atoms with Gasteiger partial charge in [-0.05, 0) is 12.6 Å².